The van der Waals surface area contributed by atoms with Gasteiger partial charge in [-0.25, -0.2) is 4.21 Å². The average molecular weight is 199 g/mol. The van der Waals surface area contributed by atoms with Crippen LogP contribution in [0.2, 0.25) is 0 Å². The van der Waals surface area contributed by atoms with Crippen molar-refractivity contribution in [2.45, 2.75) is 6.92 Å². The highest BCUT2D eigenvalue weighted by Crippen LogP contribution is 2.11. The molecule has 0 bridgehead atoms. The van der Waals surface area contributed by atoms with Gasteiger partial charge in [-0.15, -0.1) is 0 Å². The Labute approximate surface area is 78.9 Å². The third-order valence-electron chi connectivity index (χ3n) is 1.34. The number of benzene rings is 1. The van der Waals surface area contributed by atoms with Gasteiger partial charge >= 0.3 is 0 Å². The Balaban J connectivity index is 2.77. The smallest absolute Gasteiger partial charge is 0.158 e. The van der Waals surface area contributed by atoms with Crippen molar-refractivity contribution in [1.29, 1.82) is 0 Å². The molecule has 0 aliphatic heterocycles. The van der Waals surface area contributed by atoms with Crippen molar-refractivity contribution in [2.75, 3.05) is 12.5 Å². The van der Waals surface area contributed by atoms with Gasteiger partial charge in [-0.1, -0.05) is 17.7 Å². The third-order valence-corrected chi connectivity index (χ3v) is 1.78. The van der Waals surface area contributed by atoms with Crippen LogP contribution >= 0.6 is 0 Å². The molecule has 0 heterocycles. The van der Waals surface area contributed by atoms with E-state index in [0.717, 1.165) is 5.56 Å². The molecule has 0 amide bonds. The van der Waals surface area contributed by atoms with E-state index in [-0.39, 0.29) is 0 Å². The summed E-state index contributed by atoms with van der Waals surface area (Å²) in [6, 6.07) is 7.42. The second-order valence-electron chi connectivity index (χ2n) is 3.16. The van der Waals surface area contributed by atoms with Crippen molar-refractivity contribution in [2.24, 2.45) is 4.53 Å². The highest BCUT2D eigenvalue weighted by atomic mass is 32.2. The molecule has 0 aliphatic rings. The van der Waals surface area contributed by atoms with E-state index < -0.39 is 9.73 Å². The van der Waals surface area contributed by atoms with Crippen LogP contribution in [0.4, 0.5) is 0 Å². The van der Waals surface area contributed by atoms with Crippen LogP contribution in [-0.4, -0.2) is 16.7 Å². The molecule has 0 saturated carbocycles. The van der Waals surface area contributed by atoms with Crippen molar-refractivity contribution >= 4 is 9.73 Å². The lowest BCUT2D eigenvalue weighted by molar-refractivity contribution is 0.347. The van der Waals surface area contributed by atoms with Crippen LogP contribution in [0.3, 0.4) is 0 Å². The van der Waals surface area contributed by atoms with Gasteiger partial charge in [-0.3, -0.25) is 0 Å². The first kappa shape index (κ1) is 10.1. The first-order valence-electron chi connectivity index (χ1n) is 3.87. The number of hydrogen-bond donors (Lipinski definition) is 0. The summed E-state index contributed by atoms with van der Waals surface area (Å²) < 4.78 is 14.7. The molecule has 0 radical (unpaired) electrons. The topological polar surface area (TPSA) is 38.7 Å². The van der Waals surface area contributed by atoms with Crippen molar-refractivity contribution in [1.82, 2.24) is 0 Å². The number of hydrogen-bond acceptors (Lipinski definition) is 3. The zero-order valence-corrected chi connectivity index (χ0v) is 8.80. The molecule has 1 rings (SSSR count). The molecule has 13 heavy (non-hydrogen) atoms. The van der Waals surface area contributed by atoms with E-state index >= 15 is 0 Å². The SMILES string of the molecule is Cc1ccc(ON=S(C)(C)=O)cc1. The predicted octanol–water partition coefficient (Wildman–Crippen LogP) is 2.02. The van der Waals surface area contributed by atoms with Crippen molar-refractivity contribution in [3.8, 4) is 5.75 Å². The molecule has 0 saturated heterocycles. The Kier molecular flexibility index (Phi) is 2.93. The first-order chi connectivity index (χ1) is 5.97. The highest BCUT2D eigenvalue weighted by Gasteiger charge is 1.93. The summed E-state index contributed by atoms with van der Waals surface area (Å²) >= 11 is 0. The summed E-state index contributed by atoms with van der Waals surface area (Å²) in [4.78, 5) is 4.97. The molecular weight excluding hydrogens is 186 g/mol. The molecule has 72 valence electrons. The fourth-order valence-electron chi connectivity index (χ4n) is 0.732. The van der Waals surface area contributed by atoms with Crippen LogP contribution in [0.1, 0.15) is 5.56 Å². The van der Waals surface area contributed by atoms with Gasteiger partial charge in [-0.2, -0.15) is 0 Å². The molecule has 3 nitrogen and oxygen atoms in total. The Morgan fingerprint density at radius 3 is 2.23 bits per heavy atom. The minimum atomic E-state index is -2.18. The number of rotatable bonds is 2. The van der Waals surface area contributed by atoms with E-state index in [9.17, 15) is 4.21 Å². The lowest BCUT2D eigenvalue weighted by Crippen LogP contribution is -1.94. The minimum Gasteiger partial charge on any atom is -0.349 e. The lowest BCUT2D eigenvalue weighted by atomic mass is 10.2. The fourth-order valence-corrected chi connectivity index (χ4v) is 0.997. The maximum atomic E-state index is 11.1. The van der Waals surface area contributed by atoms with Gasteiger partial charge in [0.05, 0.1) is 9.73 Å². The monoisotopic (exact) mass is 199 g/mol. The normalized spacial score (nSPS) is 11.0. The standard InChI is InChI=1S/C9H13NO2S/c1-8-4-6-9(7-5-8)12-10-13(2,3)11/h4-7H,1-3H3. The van der Waals surface area contributed by atoms with Gasteiger partial charge in [0.25, 0.3) is 0 Å². The van der Waals surface area contributed by atoms with Crippen LogP contribution < -0.4 is 4.84 Å². The Bertz CT molecular complexity index is 381. The van der Waals surface area contributed by atoms with Gasteiger partial charge in [-0.05, 0) is 23.6 Å². The van der Waals surface area contributed by atoms with Crippen LogP contribution in [0.5, 0.6) is 5.75 Å². The zero-order valence-electron chi connectivity index (χ0n) is 7.98. The van der Waals surface area contributed by atoms with Gasteiger partial charge in [0.15, 0.2) is 5.75 Å². The molecule has 0 spiro atoms. The van der Waals surface area contributed by atoms with E-state index in [1.54, 1.807) is 12.1 Å². The number of nitrogens with zero attached hydrogens (tertiary/aromatic N) is 1. The van der Waals surface area contributed by atoms with E-state index in [1.165, 1.54) is 12.5 Å². The Hall–Kier alpha value is -1.03. The maximum Gasteiger partial charge on any atom is 0.158 e. The van der Waals surface area contributed by atoms with E-state index in [2.05, 4.69) is 4.53 Å². The van der Waals surface area contributed by atoms with E-state index in [0.29, 0.717) is 5.75 Å². The second-order valence-corrected chi connectivity index (χ2v) is 5.67. The summed E-state index contributed by atoms with van der Waals surface area (Å²) in [6.07, 6.45) is 3.06. The fraction of sp³-hybridized carbons (Fsp3) is 0.333. The second kappa shape index (κ2) is 3.79. The molecule has 1 aromatic carbocycles. The predicted molar refractivity (Wildman–Crippen MR) is 54.2 cm³/mol. The molecular formula is C9H13NO2S. The third kappa shape index (κ3) is 3.94. The van der Waals surface area contributed by atoms with Crippen LogP contribution in [0, 0.1) is 6.92 Å². The number of aryl methyl sites for hydroxylation is 1. The average Bonchev–Trinajstić information content (AvgIpc) is 2.02. The summed E-state index contributed by atoms with van der Waals surface area (Å²) in [7, 11) is -2.18. The van der Waals surface area contributed by atoms with Gasteiger partial charge in [0.1, 0.15) is 0 Å². The largest absolute Gasteiger partial charge is 0.349 e. The van der Waals surface area contributed by atoms with E-state index in [4.69, 9.17) is 4.84 Å². The molecule has 0 aliphatic carbocycles. The lowest BCUT2D eigenvalue weighted by Gasteiger charge is -1.99. The first-order valence-corrected chi connectivity index (χ1v) is 6.21. The molecule has 0 atom stereocenters. The van der Waals surface area contributed by atoms with Crippen LogP contribution in [0.25, 0.3) is 0 Å². The molecule has 0 unspecified atom stereocenters. The Morgan fingerprint density at radius 1 is 1.23 bits per heavy atom. The van der Waals surface area contributed by atoms with Crippen molar-refractivity contribution < 1.29 is 9.05 Å². The molecule has 0 N–H and O–H groups in total. The highest BCUT2D eigenvalue weighted by molar-refractivity contribution is 7.92. The molecule has 4 heteroatoms. The van der Waals surface area contributed by atoms with E-state index in [1.807, 2.05) is 19.1 Å². The summed E-state index contributed by atoms with van der Waals surface area (Å²) in [5.74, 6) is 0.613. The molecule has 1 aromatic rings. The van der Waals surface area contributed by atoms with Crippen LogP contribution in [0.15, 0.2) is 28.8 Å². The summed E-state index contributed by atoms with van der Waals surface area (Å²) in [5.41, 5.74) is 1.15. The van der Waals surface area contributed by atoms with Crippen LogP contribution in [-0.2, 0) is 9.73 Å². The summed E-state index contributed by atoms with van der Waals surface area (Å²) in [6.45, 7) is 1.99. The maximum absolute atomic E-state index is 11.1. The van der Waals surface area contributed by atoms with Crippen molar-refractivity contribution in [3.05, 3.63) is 29.8 Å². The molecule has 0 fully saturated rings. The zero-order chi connectivity index (χ0) is 9.90. The quantitative estimate of drug-likeness (QED) is 0.683. The van der Waals surface area contributed by atoms with Gasteiger partial charge in [0, 0.05) is 12.5 Å². The van der Waals surface area contributed by atoms with Crippen molar-refractivity contribution in [3.63, 3.8) is 0 Å². The summed E-state index contributed by atoms with van der Waals surface area (Å²) in [5, 5.41) is 0. The minimum absolute atomic E-state index is 0.613. The Morgan fingerprint density at radius 2 is 1.77 bits per heavy atom. The van der Waals surface area contributed by atoms with Gasteiger partial charge < -0.3 is 4.84 Å². The molecule has 0 aromatic heterocycles. The van der Waals surface area contributed by atoms with Gasteiger partial charge in [0.2, 0.25) is 0 Å².